The molecule has 0 N–H and O–H groups in total. The first kappa shape index (κ1) is 16.4. The van der Waals surface area contributed by atoms with E-state index in [-0.39, 0.29) is 17.5 Å². The van der Waals surface area contributed by atoms with Crippen LogP contribution in [-0.2, 0) is 0 Å². The fourth-order valence-corrected chi connectivity index (χ4v) is 3.26. The molecule has 1 amide bonds. The number of benzene rings is 1. The van der Waals surface area contributed by atoms with Crippen LogP contribution in [-0.4, -0.2) is 56.6 Å². The number of halogens is 1. The predicted octanol–water partition coefficient (Wildman–Crippen LogP) is 1.84. The Bertz CT molecular complexity index is 977. The van der Waals surface area contributed by atoms with Crippen LogP contribution >= 0.6 is 0 Å². The van der Waals surface area contributed by atoms with Crippen LogP contribution in [0.2, 0.25) is 0 Å². The zero-order valence-corrected chi connectivity index (χ0v) is 14.7. The van der Waals surface area contributed by atoms with Gasteiger partial charge < -0.3 is 9.80 Å². The third-order valence-corrected chi connectivity index (χ3v) is 4.57. The van der Waals surface area contributed by atoms with Gasteiger partial charge in [0.05, 0.1) is 5.69 Å². The van der Waals surface area contributed by atoms with Gasteiger partial charge in [0.15, 0.2) is 0 Å². The molecular weight excluding hydrogens is 335 g/mol. The summed E-state index contributed by atoms with van der Waals surface area (Å²) in [6, 6.07) is 8.58. The number of fused-ring (bicyclic) bond motifs is 1. The molecule has 3 aromatic rings. The van der Waals surface area contributed by atoms with E-state index in [1.807, 2.05) is 30.9 Å². The first-order valence-electron chi connectivity index (χ1n) is 8.53. The van der Waals surface area contributed by atoms with Crippen molar-refractivity contribution >= 4 is 17.4 Å². The molecule has 0 saturated carbocycles. The second-order valence-electron chi connectivity index (χ2n) is 6.42. The molecule has 0 aliphatic carbocycles. The maximum atomic E-state index is 13.9. The molecule has 8 heteroatoms. The maximum absolute atomic E-state index is 13.9. The van der Waals surface area contributed by atoms with Crippen molar-refractivity contribution < 1.29 is 9.18 Å². The average molecular weight is 354 g/mol. The Hall–Kier alpha value is -3.03. The van der Waals surface area contributed by atoms with E-state index in [4.69, 9.17) is 0 Å². The highest BCUT2D eigenvalue weighted by Gasteiger charge is 2.26. The molecule has 0 unspecified atom stereocenters. The number of carbonyl (C=O) groups is 1. The van der Waals surface area contributed by atoms with Gasteiger partial charge in [0.1, 0.15) is 5.82 Å². The third kappa shape index (κ3) is 2.87. The molecule has 7 nitrogen and oxygen atoms in total. The molecule has 2 aromatic heterocycles. The average Bonchev–Trinajstić information content (AvgIpc) is 3.06. The number of nitrogens with zero attached hydrogens (tertiary/aromatic N) is 6. The highest BCUT2D eigenvalue weighted by Crippen LogP contribution is 2.20. The zero-order valence-electron chi connectivity index (χ0n) is 14.7. The van der Waals surface area contributed by atoms with Gasteiger partial charge in [-0.05, 0) is 32.0 Å². The third-order valence-electron chi connectivity index (χ3n) is 4.57. The molecule has 0 atom stereocenters. The predicted molar refractivity (Wildman–Crippen MR) is 94.8 cm³/mol. The molecule has 1 aliphatic heterocycles. The van der Waals surface area contributed by atoms with Gasteiger partial charge in [-0.15, -0.1) is 5.10 Å². The lowest BCUT2D eigenvalue weighted by Crippen LogP contribution is -2.49. The molecule has 0 radical (unpaired) electrons. The molecule has 4 rings (SSSR count). The monoisotopic (exact) mass is 354 g/mol. The lowest BCUT2D eigenvalue weighted by atomic mass is 10.2. The fourth-order valence-electron chi connectivity index (χ4n) is 3.26. The Morgan fingerprint density at radius 1 is 1.08 bits per heavy atom. The summed E-state index contributed by atoms with van der Waals surface area (Å²) in [5.41, 5.74) is 2.28. The molecule has 0 bridgehead atoms. The molecular formula is C18H19FN6O. The normalized spacial score (nSPS) is 14.9. The van der Waals surface area contributed by atoms with E-state index in [2.05, 4.69) is 15.1 Å². The van der Waals surface area contributed by atoms with Crippen LogP contribution < -0.4 is 4.90 Å². The number of hydrogen-bond acceptors (Lipinski definition) is 5. The summed E-state index contributed by atoms with van der Waals surface area (Å²) in [6.07, 6.45) is 0. The smallest absolute Gasteiger partial charge is 0.293 e. The van der Waals surface area contributed by atoms with Crippen molar-refractivity contribution in [3.8, 4) is 0 Å². The van der Waals surface area contributed by atoms with Crippen molar-refractivity contribution in [3.63, 3.8) is 0 Å². The first-order valence-corrected chi connectivity index (χ1v) is 8.53. The number of hydrogen-bond donors (Lipinski definition) is 0. The lowest BCUT2D eigenvalue weighted by Gasteiger charge is -2.35. The van der Waals surface area contributed by atoms with Gasteiger partial charge in [0.2, 0.25) is 5.82 Å². The lowest BCUT2D eigenvalue weighted by molar-refractivity contribution is 0.0734. The van der Waals surface area contributed by atoms with Gasteiger partial charge in [-0.2, -0.15) is 4.98 Å². The summed E-state index contributed by atoms with van der Waals surface area (Å²) in [5.74, 6) is 0.105. The quantitative estimate of drug-likeness (QED) is 0.703. The molecule has 26 heavy (non-hydrogen) atoms. The van der Waals surface area contributed by atoms with Crippen LogP contribution in [0, 0.1) is 19.7 Å². The number of piperazine rings is 1. The van der Waals surface area contributed by atoms with E-state index < -0.39 is 0 Å². The minimum absolute atomic E-state index is 0.144. The van der Waals surface area contributed by atoms with E-state index in [0.717, 1.165) is 11.4 Å². The summed E-state index contributed by atoms with van der Waals surface area (Å²) in [7, 11) is 0. The molecule has 1 saturated heterocycles. The van der Waals surface area contributed by atoms with Gasteiger partial charge in [0.25, 0.3) is 11.7 Å². The van der Waals surface area contributed by atoms with Crippen molar-refractivity contribution in [1.29, 1.82) is 0 Å². The largest absolute Gasteiger partial charge is 0.366 e. The second-order valence-corrected chi connectivity index (χ2v) is 6.42. The second kappa shape index (κ2) is 6.36. The molecule has 3 heterocycles. The standard InChI is InChI=1S/C18H19FN6O/c1-12-11-13(2)25-18(20-12)21-16(22-25)17(26)24-9-7-23(8-10-24)15-6-4-3-5-14(15)19/h3-6,11H,7-10H2,1-2H3. The molecule has 134 valence electrons. The van der Waals surface area contributed by atoms with E-state index in [9.17, 15) is 9.18 Å². The first-order chi connectivity index (χ1) is 12.5. The zero-order chi connectivity index (χ0) is 18.3. The van der Waals surface area contributed by atoms with Gasteiger partial charge in [-0.1, -0.05) is 12.1 Å². The van der Waals surface area contributed by atoms with Crippen molar-refractivity contribution in [2.24, 2.45) is 0 Å². The summed E-state index contributed by atoms with van der Waals surface area (Å²) in [5, 5.41) is 4.30. The van der Waals surface area contributed by atoms with Gasteiger partial charge in [-0.25, -0.2) is 13.9 Å². The Balaban J connectivity index is 1.50. The minimum Gasteiger partial charge on any atom is -0.366 e. The highest BCUT2D eigenvalue weighted by atomic mass is 19.1. The van der Waals surface area contributed by atoms with Gasteiger partial charge in [-0.3, -0.25) is 4.79 Å². The van der Waals surface area contributed by atoms with Crippen LogP contribution in [0.15, 0.2) is 30.3 Å². The molecule has 0 spiro atoms. The van der Waals surface area contributed by atoms with E-state index in [0.29, 0.717) is 37.6 Å². The molecule has 1 aromatic carbocycles. The fraction of sp³-hybridized carbons (Fsp3) is 0.333. The topological polar surface area (TPSA) is 66.6 Å². The van der Waals surface area contributed by atoms with Crippen molar-refractivity contribution in [1.82, 2.24) is 24.5 Å². The van der Waals surface area contributed by atoms with Crippen LogP contribution in [0.1, 0.15) is 22.0 Å². The SMILES string of the molecule is Cc1cc(C)n2nc(C(=O)N3CCN(c4ccccc4F)CC3)nc2n1. The Kier molecular flexibility index (Phi) is 4.02. The maximum Gasteiger partial charge on any atom is 0.293 e. The van der Waals surface area contributed by atoms with Crippen molar-refractivity contribution in [2.45, 2.75) is 13.8 Å². The number of anilines is 1. The van der Waals surface area contributed by atoms with E-state index in [1.165, 1.54) is 6.07 Å². The van der Waals surface area contributed by atoms with Gasteiger partial charge >= 0.3 is 0 Å². The van der Waals surface area contributed by atoms with Crippen LogP contribution in [0.4, 0.5) is 10.1 Å². The number of aromatic nitrogens is 4. The number of carbonyl (C=O) groups excluding carboxylic acids is 1. The molecule has 1 aliphatic rings. The van der Waals surface area contributed by atoms with Crippen LogP contribution in [0.25, 0.3) is 5.78 Å². The summed E-state index contributed by atoms with van der Waals surface area (Å²) in [6.45, 7) is 5.90. The van der Waals surface area contributed by atoms with E-state index in [1.54, 1.807) is 21.5 Å². The summed E-state index contributed by atoms with van der Waals surface area (Å²) < 4.78 is 15.5. The van der Waals surface area contributed by atoms with Crippen LogP contribution in [0.3, 0.4) is 0 Å². The number of amides is 1. The van der Waals surface area contributed by atoms with Crippen LogP contribution in [0.5, 0.6) is 0 Å². The minimum atomic E-state index is -0.244. The van der Waals surface area contributed by atoms with Crippen molar-refractivity contribution in [2.75, 3.05) is 31.1 Å². The van der Waals surface area contributed by atoms with Gasteiger partial charge in [0, 0.05) is 37.6 Å². The Morgan fingerprint density at radius 3 is 2.54 bits per heavy atom. The number of para-hydroxylation sites is 1. The Morgan fingerprint density at radius 2 is 1.81 bits per heavy atom. The Labute approximate surface area is 150 Å². The number of rotatable bonds is 2. The van der Waals surface area contributed by atoms with Crippen molar-refractivity contribution in [3.05, 3.63) is 53.4 Å². The summed E-state index contributed by atoms with van der Waals surface area (Å²) in [4.78, 5) is 25.0. The van der Waals surface area contributed by atoms with E-state index >= 15 is 0 Å². The highest BCUT2D eigenvalue weighted by molar-refractivity contribution is 5.91. The summed E-state index contributed by atoms with van der Waals surface area (Å²) >= 11 is 0. The molecule has 1 fully saturated rings. The number of aryl methyl sites for hydroxylation is 2.